The van der Waals surface area contributed by atoms with Crippen LogP contribution in [0, 0.1) is 0 Å². The van der Waals surface area contributed by atoms with E-state index >= 15 is 0 Å². The van der Waals surface area contributed by atoms with Crippen molar-refractivity contribution in [2.24, 2.45) is 10.3 Å². The molecule has 0 radical (unpaired) electrons. The first-order valence-electron chi connectivity index (χ1n) is 8.97. The lowest BCUT2D eigenvalue weighted by molar-refractivity contribution is 0.130. The highest BCUT2D eigenvalue weighted by Crippen LogP contribution is 2.24. The van der Waals surface area contributed by atoms with E-state index in [9.17, 15) is 0 Å². The molecule has 0 bridgehead atoms. The molecule has 0 saturated heterocycles. The van der Waals surface area contributed by atoms with Gasteiger partial charge in [0.1, 0.15) is 19.4 Å². The van der Waals surface area contributed by atoms with Crippen LogP contribution in [-0.2, 0) is 16.3 Å². The van der Waals surface area contributed by atoms with Gasteiger partial charge in [-0.1, -0.05) is 77.6 Å². The summed E-state index contributed by atoms with van der Waals surface area (Å²) in [6.07, 6.45) is 0. The second-order valence-electron chi connectivity index (χ2n) is 6.28. The summed E-state index contributed by atoms with van der Waals surface area (Å²) in [5, 5.41) is 11.5. The molecule has 28 heavy (non-hydrogen) atoms. The molecule has 0 amide bonds. The molecule has 5 nitrogen and oxygen atoms in total. The van der Waals surface area contributed by atoms with E-state index in [2.05, 4.69) is 28.8 Å². The van der Waals surface area contributed by atoms with E-state index in [1.54, 1.807) is 7.05 Å². The first-order chi connectivity index (χ1) is 13.5. The molecule has 0 atom stereocenters. The highest BCUT2D eigenvalue weighted by atomic mass is 16.6. The first kappa shape index (κ1) is 21.0. The Balaban J connectivity index is 2.40. The lowest BCUT2D eigenvalue weighted by Gasteiger charge is -2.16. The molecule has 2 rings (SSSR count). The number of hydrogen-bond acceptors (Lipinski definition) is 5. The molecular formula is C23H27N3O2. The van der Waals surface area contributed by atoms with Crippen molar-refractivity contribution in [1.29, 1.82) is 0 Å². The van der Waals surface area contributed by atoms with Gasteiger partial charge in [0.15, 0.2) is 0 Å². The molecule has 5 heteroatoms. The summed E-state index contributed by atoms with van der Waals surface area (Å²) in [7, 11) is 3.30. The molecule has 0 aromatic heterocycles. The summed E-state index contributed by atoms with van der Waals surface area (Å²) in [5.41, 5.74) is 6.76. The lowest BCUT2D eigenvalue weighted by atomic mass is 9.94. The second kappa shape index (κ2) is 10.1. The zero-order valence-corrected chi connectivity index (χ0v) is 17.0. The van der Waals surface area contributed by atoms with E-state index in [4.69, 9.17) is 9.68 Å². The standard InChI is InChI=1S/C23H27N3O2/c1-16(2)20-13-10-14-21(23(26-27-6)18(4)24-5)22(20)15-28-25-17(3)19-11-8-7-9-12-19/h7-14,24H,1,4,15H2,2-3,5-6H3/b25-17+,26-23-. The van der Waals surface area contributed by atoms with Crippen LogP contribution in [0.4, 0.5) is 0 Å². The predicted molar refractivity (Wildman–Crippen MR) is 116 cm³/mol. The molecule has 0 fully saturated rings. The van der Waals surface area contributed by atoms with E-state index < -0.39 is 0 Å². The van der Waals surface area contributed by atoms with Crippen LogP contribution >= 0.6 is 0 Å². The van der Waals surface area contributed by atoms with Crippen LogP contribution in [0.25, 0.3) is 5.57 Å². The van der Waals surface area contributed by atoms with Gasteiger partial charge in [-0.05, 0) is 25.0 Å². The minimum absolute atomic E-state index is 0.266. The Labute approximate surface area is 167 Å². The summed E-state index contributed by atoms with van der Waals surface area (Å²) < 4.78 is 0. The van der Waals surface area contributed by atoms with Crippen molar-refractivity contribution in [1.82, 2.24) is 5.32 Å². The van der Waals surface area contributed by atoms with Crippen molar-refractivity contribution in [3.05, 3.63) is 89.6 Å². The number of nitrogens with one attached hydrogen (secondary N) is 1. The van der Waals surface area contributed by atoms with E-state index in [0.717, 1.165) is 33.5 Å². The smallest absolute Gasteiger partial charge is 0.143 e. The largest absolute Gasteiger partial charge is 0.399 e. The van der Waals surface area contributed by atoms with Gasteiger partial charge in [0.2, 0.25) is 0 Å². The maximum Gasteiger partial charge on any atom is 0.143 e. The fraction of sp³-hybridized carbons (Fsp3) is 0.217. The average molecular weight is 377 g/mol. The number of nitrogens with zero attached hydrogens (tertiary/aromatic N) is 2. The highest BCUT2D eigenvalue weighted by molar-refractivity contribution is 6.13. The third-order valence-electron chi connectivity index (χ3n) is 4.26. The van der Waals surface area contributed by atoms with Crippen LogP contribution in [0.2, 0.25) is 0 Å². The molecule has 0 saturated carbocycles. The number of benzene rings is 2. The Morgan fingerprint density at radius 1 is 0.964 bits per heavy atom. The Bertz CT molecular complexity index is 899. The van der Waals surface area contributed by atoms with Crippen molar-refractivity contribution < 1.29 is 9.68 Å². The summed E-state index contributed by atoms with van der Waals surface area (Å²) in [6, 6.07) is 15.8. The van der Waals surface area contributed by atoms with Crippen LogP contribution in [0.5, 0.6) is 0 Å². The van der Waals surface area contributed by atoms with Crippen molar-refractivity contribution in [3.8, 4) is 0 Å². The molecule has 0 heterocycles. The topological polar surface area (TPSA) is 55.2 Å². The van der Waals surface area contributed by atoms with Crippen LogP contribution in [0.1, 0.15) is 36.1 Å². The van der Waals surface area contributed by atoms with Crippen molar-refractivity contribution in [2.45, 2.75) is 20.5 Å². The Kier molecular flexibility index (Phi) is 7.57. The summed E-state index contributed by atoms with van der Waals surface area (Å²) in [4.78, 5) is 10.7. The van der Waals surface area contributed by atoms with Gasteiger partial charge in [-0.25, -0.2) is 0 Å². The third kappa shape index (κ3) is 5.10. The number of hydrogen-bond donors (Lipinski definition) is 1. The molecule has 2 aromatic rings. The van der Waals surface area contributed by atoms with Gasteiger partial charge in [-0.3, -0.25) is 0 Å². The Hall–Kier alpha value is -3.34. The van der Waals surface area contributed by atoms with Crippen LogP contribution < -0.4 is 5.32 Å². The zero-order valence-electron chi connectivity index (χ0n) is 17.0. The fourth-order valence-electron chi connectivity index (χ4n) is 2.77. The quantitative estimate of drug-likeness (QED) is 0.507. The van der Waals surface area contributed by atoms with Crippen molar-refractivity contribution >= 4 is 17.0 Å². The third-order valence-corrected chi connectivity index (χ3v) is 4.26. The average Bonchev–Trinajstić information content (AvgIpc) is 2.72. The maximum absolute atomic E-state index is 5.71. The van der Waals surface area contributed by atoms with Gasteiger partial charge < -0.3 is 15.0 Å². The van der Waals surface area contributed by atoms with Gasteiger partial charge in [-0.2, -0.15) is 0 Å². The van der Waals surface area contributed by atoms with Gasteiger partial charge in [0.05, 0.1) is 11.4 Å². The molecule has 0 spiro atoms. The zero-order chi connectivity index (χ0) is 20.5. The number of oxime groups is 2. The van der Waals surface area contributed by atoms with Gasteiger partial charge in [0, 0.05) is 18.2 Å². The molecule has 1 N–H and O–H groups in total. The van der Waals surface area contributed by atoms with E-state index in [1.807, 2.05) is 62.4 Å². The predicted octanol–water partition coefficient (Wildman–Crippen LogP) is 4.74. The molecular weight excluding hydrogens is 350 g/mol. The molecule has 0 unspecified atom stereocenters. The monoisotopic (exact) mass is 377 g/mol. The summed E-state index contributed by atoms with van der Waals surface area (Å²) in [5.74, 6) is 0. The number of rotatable bonds is 9. The van der Waals surface area contributed by atoms with Gasteiger partial charge >= 0.3 is 0 Å². The number of allylic oxidation sites excluding steroid dienone is 2. The van der Waals surface area contributed by atoms with Crippen LogP contribution in [0.15, 0.2) is 77.7 Å². The fourth-order valence-corrected chi connectivity index (χ4v) is 2.77. The molecule has 0 aliphatic heterocycles. The molecule has 0 aliphatic carbocycles. The van der Waals surface area contributed by atoms with E-state index in [1.165, 1.54) is 7.11 Å². The first-order valence-corrected chi connectivity index (χ1v) is 8.97. The maximum atomic E-state index is 5.71. The lowest BCUT2D eigenvalue weighted by Crippen LogP contribution is -2.19. The molecule has 2 aromatic carbocycles. The van der Waals surface area contributed by atoms with E-state index in [-0.39, 0.29) is 6.61 Å². The Morgan fingerprint density at radius 3 is 2.25 bits per heavy atom. The SMILES string of the molecule is C=C(NC)/C(=N/OC)c1cccc(C(=C)C)c1CO/N=C(\C)c1ccccc1. The van der Waals surface area contributed by atoms with Gasteiger partial charge in [0.25, 0.3) is 0 Å². The molecule has 146 valence electrons. The second-order valence-corrected chi connectivity index (χ2v) is 6.28. The highest BCUT2D eigenvalue weighted by Gasteiger charge is 2.17. The molecule has 0 aliphatic rings. The normalized spacial score (nSPS) is 11.7. The minimum Gasteiger partial charge on any atom is -0.399 e. The van der Waals surface area contributed by atoms with Gasteiger partial charge in [-0.15, -0.1) is 0 Å². The van der Waals surface area contributed by atoms with Crippen LogP contribution in [0.3, 0.4) is 0 Å². The van der Waals surface area contributed by atoms with Crippen molar-refractivity contribution in [2.75, 3.05) is 14.2 Å². The van der Waals surface area contributed by atoms with Crippen molar-refractivity contribution in [3.63, 3.8) is 0 Å². The Morgan fingerprint density at radius 2 is 1.64 bits per heavy atom. The minimum atomic E-state index is 0.266. The van der Waals surface area contributed by atoms with Crippen LogP contribution in [-0.4, -0.2) is 25.6 Å². The number of likely N-dealkylation sites (N-methyl/N-ethyl adjacent to an activating group) is 1. The van der Waals surface area contributed by atoms with E-state index in [0.29, 0.717) is 11.4 Å². The summed E-state index contributed by atoms with van der Waals surface area (Å²) in [6.45, 7) is 12.3. The summed E-state index contributed by atoms with van der Waals surface area (Å²) >= 11 is 0.